The number of carbonyl (C=O) groups excluding carboxylic acids is 3. The fourth-order valence-corrected chi connectivity index (χ4v) is 8.53. The zero-order valence-corrected chi connectivity index (χ0v) is 46.3. The number of allylic oxidation sites excluding steroid dienone is 12. The number of hydrogen-bond acceptors (Lipinski definition) is 6. The van der Waals surface area contributed by atoms with E-state index in [1.54, 1.807) is 0 Å². The lowest BCUT2D eigenvalue weighted by atomic mass is 10.0. The predicted octanol–water partition coefficient (Wildman–Crippen LogP) is 20.2. The molecule has 0 N–H and O–H groups in total. The number of carbonyl (C=O) groups is 3. The van der Waals surface area contributed by atoms with Crippen molar-refractivity contribution in [3.8, 4) is 0 Å². The van der Waals surface area contributed by atoms with Crippen LogP contribution in [0.4, 0.5) is 0 Å². The van der Waals surface area contributed by atoms with Crippen LogP contribution in [-0.2, 0) is 28.6 Å². The topological polar surface area (TPSA) is 78.9 Å². The van der Waals surface area contributed by atoms with Gasteiger partial charge in [0.15, 0.2) is 6.10 Å². The highest BCUT2D eigenvalue weighted by molar-refractivity contribution is 5.71. The summed E-state index contributed by atoms with van der Waals surface area (Å²) in [5, 5.41) is 0. The molecule has 0 bridgehead atoms. The molecule has 0 saturated heterocycles. The van der Waals surface area contributed by atoms with E-state index in [9.17, 15) is 14.4 Å². The van der Waals surface area contributed by atoms with Crippen molar-refractivity contribution in [2.45, 2.75) is 303 Å². The molecule has 6 heteroatoms. The van der Waals surface area contributed by atoms with Crippen LogP contribution in [0, 0.1) is 0 Å². The summed E-state index contributed by atoms with van der Waals surface area (Å²) in [6.45, 7) is 6.42. The van der Waals surface area contributed by atoms with Crippen LogP contribution in [0.3, 0.4) is 0 Å². The lowest BCUT2D eigenvalue weighted by Gasteiger charge is -2.18. The Morgan fingerprint density at radius 3 is 0.871 bits per heavy atom. The molecule has 1 unspecified atom stereocenters. The van der Waals surface area contributed by atoms with Crippen molar-refractivity contribution in [3.63, 3.8) is 0 Å². The van der Waals surface area contributed by atoms with E-state index in [-0.39, 0.29) is 31.1 Å². The quantitative estimate of drug-likeness (QED) is 0.0261. The second kappa shape index (κ2) is 58.4. The van der Waals surface area contributed by atoms with E-state index in [2.05, 4.69) is 93.7 Å². The number of unbranched alkanes of at least 4 members (excludes halogenated alkanes) is 31. The summed E-state index contributed by atoms with van der Waals surface area (Å²) >= 11 is 0. The molecule has 70 heavy (non-hydrogen) atoms. The maximum Gasteiger partial charge on any atom is 0.306 e. The normalized spacial score (nSPS) is 12.6. The minimum atomic E-state index is -0.791. The second-order valence-electron chi connectivity index (χ2n) is 19.9. The van der Waals surface area contributed by atoms with E-state index in [1.165, 1.54) is 122 Å². The summed E-state index contributed by atoms with van der Waals surface area (Å²) in [5.74, 6) is -0.909. The van der Waals surface area contributed by atoms with Crippen LogP contribution in [0.1, 0.15) is 297 Å². The molecule has 0 amide bonds. The summed E-state index contributed by atoms with van der Waals surface area (Å²) in [6, 6.07) is 0. The maximum atomic E-state index is 12.9. The van der Waals surface area contributed by atoms with E-state index >= 15 is 0 Å². The number of esters is 3. The van der Waals surface area contributed by atoms with Crippen LogP contribution >= 0.6 is 0 Å². The molecule has 0 heterocycles. The van der Waals surface area contributed by atoms with Gasteiger partial charge in [-0.3, -0.25) is 14.4 Å². The van der Waals surface area contributed by atoms with E-state index in [0.717, 1.165) is 135 Å². The first-order valence-electron chi connectivity index (χ1n) is 29.9. The van der Waals surface area contributed by atoms with Gasteiger partial charge >= 0.3 is 17.9 Å². The van der Waals surface area contributed by atoms with Crippen LogP contribution in [0.15, 0.2) is 72.9 Å². The van der Waals surface area contributed by atoms with E-state index in [4.69, 9.17) is 14.2 Å². The van der Waals surface area contributed by atoms with Gasteiger partial charge in [0.1, 0.15) is 13.2 Å². The molecule has 0 aliphatic carbocycles. The average Bonchev–Trinajstić information content (AvgIpc) is 3.36. The van der Waals surface area contributed by atoms with E-state index < -0.39 is 6.10 Å². The van der Waals surface area contributed by atoms with Gasteiger partial charge < -0.3 is 14.2 Å². The first kappa shape index (κ1) is 66.9. The summed E-state index contributed by atoms with van der Waals surface area (Å²) in [4.78, 5) is 38.2. The molecule has 0 aliphatic rings. The first-order valence-corrected chi connectivity index (χ1v) is 29.9. The van der Waals surface area contributed by atoms with Crippen LogP contribution in [0.2, 0.25) is 0 Å². The van der Waals surface area contributed by atoms with E-state index in [0.29, 0.717) is 19.3 Å². The Morgan fingerprint density at radius 1 is 0.300 bits per heavy atom. The lowest BCUT2D eigenvalue weighted by molar-refractivity contribution is -0.167. The maximum absolute atomic E-state index is 12.9. The molecule has 0 aliphatic heterocycles. The molecule has 0 aromatic rings. The Morgan fingerprint density at radius 2 is 0.557 bits per heavy atom. The zero-order chi connectivity index (χ0) is 50.7. The SMILES string of the molecule is CC/C=C\C/C=C\C/C=C\CCCCCCCC(=O)OCC(COC(=O)CCCCCCCCCCCCCCCCCCCCCCCC)OC(=O)CCCCCCC/C=C\C/C=C\C/C=C\CC. The lowest BCUT2D eigenvalue weighted by Crippen LogP contribution is -2.30. The molecule has 0 fully saturated rings. The molecule has 404 valence electrons. The molecule has 0 spiro atoms. The van der Waals surface area contributed by atoms with Crippen molar-refractivity contribution in [2.75, 3.05) is 13.2 Å². The molecular weight excluding hydrogens is 865 g/mol. The fourth-order valence-electron chi connectivity index (χ4n) is 8.53. The largest absolute Gasteiger partial charge is 0.462 e. The highest BCUT2D eigenvalue weighted by Gasteiger charge is 2.19. The van der Waals surface area contributed by atoms with Crippen molar-refractivity contribution in [2.24, 2.45) is 0 Å². The zero-order valence-electron chi connectivity index (χ0n) is 46.3. The highest BCUT2D eigenvalue weighted by atomic mass is 16.6. The van der Waals surface area contributed by atoms with Gasteiger partial charge in [-0.2, -0.15) is 0 Å². The number of rotatable bonds is 54. The monoisotopic (exact) mass is 977 g/mol. The third-order valence-corrected chi connectivity index (χ3v) is 13.0. The standard InChI is InChI=1S/C64H112O6/c1-4-7-10-13-16-19-22-25-28-29-30-31-32-33-34-37-39-42-45-48-51-54-57-63(66)69-60-61(70-64(67)58-55-52-49-46-43-40-36-27-24-21-18-15-12-9-6-3)59-68-62(65)56-53-50-47-44-41-38-35-26-23-20-17-14-11-8-5-2/h8-9,11-12,17-18,20-21,26-27,35-36,61H,4-7,10,13-16,19,22-25,28-34,37-60H2,1-3H3/b11-8-,12-9-,20-17-,21-18-,35-26-,36-27-. The predicted molar refractivity (Wildman–Crippen MR) is 302 cm³/mol. The van der Waals surface area contributed by atoms with Crippen LogP contribution < -0.4 is 0 Å². The molecule has 0 rings (SSSR count). The van der Waals surface area contributed by atoms with Crippen molar-refractivity contribution in [1.29, 1.82) is 0 Å². The molecular formula is C64H112O6. The van der Waals surface area contributed by atoms with Crippen LogP contribution in [0.5, 0.6) is 0 Å². The molecule has 0 radical (unpaired) electrons. The Kier molecular flexibility index (Phi) is 55.8. The van der Waals surface area contributed by atoms with Gasteiger partial charge in [-0.1, -0.05) is 267 Å². The summed E-state index contributed by atoms with van der Waals surface area (Å²) in [5.41, 5.74) is 0. The van der Waals surface area contributed by atoms with Gasteiger partial charge in [0.2, 0.25) is 0 Å². The van der Waals surface area contributed by atoms with Crippen molar-refractivity contribution >= 4 is 17.9 Å². The summed E-state index contributed by atoms with van der Waals surface area (Å²) in [7, 11) is 0. The third kappa shape index (κ3) is 55.8. The van der Waals surface area contributed by atoms with Gasteiger partial charge in [-0.05, 0) is 83.5 Å². The van der Waals surface area contributed by atoms with Crippen molar-refractivity contribution in [1.82, 2.24) is 0 Å². The molecule has 0 aromatic heterocycles. The Hall–Kier alpha value is -3.15. The smallest absolute Gasteiger partial charge is 0.306 e. The van der Waals surface area contributed by atoms with Gasteiger partial charge in [-0.15, -0.1) is 0 Å². The molecule has 6 nitrogen and oxygen atoms in total. The van der Waals surface area contributed by atoms with Crippen LogP contribution in [-0.4, -0.2) is 37.2 Å². The Labute approximate surface area is 433 Å². The van der Waals surface area contributed by atoms with Gasteiger partial charge in [-0.25, -0.2) is 0 Å². The fraction of sp³-hybridized carbons (Fsp3) is 0.766. The molecule has 1 atom stereocenters. The third-order valence-electron chi connectivity index (χ3n) is 13.0. The molecule has 0 aromatic carbocycles. The van der Waals surface area contributed by atoms with Gasteiger partial charge in [0.05, 0.1) is 0 Å². The van der Waals surface area contributed by atoms with Gasteiger partial charge in [0, 0.05) is 19.3 Å². The van der Waals surface area contributed by atoms with Gasteiger partial charge in [0.25, 0.3) is 0 Å². The molecule has 0 saturated carbocycles. The first-order chi connectivity index (χ1) is 34.5. The second-order valence-corrected chi connectivity index (χ2v) is 19.9. The summed E-state index contributed by atoms with van der Waals surface area (Å²) in [6.07, 6.45) is 74.8. The Balaban J connectivity index is 4.33. The van der Waals surface area contributed by atoms with E-state index in [1.807, 2.05) is 0 Å². The minimum Gasteiger partial charge on any atom is -0.462 e. The van der Waals surface area contributed by atoms with Crippen LogP contribution in [0.25, 0.3) is 0 Å². The van der Waals surface area contributed by atoms with Crippen molar-refractivity contribution < 1.29 is 28.6 Å². The average molecular weight is 978 g/mol. The minimum absolute atomic E-state index is 0.0859. The highest BCUT2D eigenvalue weighted by Crippen LogP contribution is 2.17. The summed E-state index contributed by atoms with van der Waals surface area (Å²) < 4.78 is 16.9. The number of hydrogen-bond donors (Lipinski definition) is 0. The Bertz CT molecular complexity index is 1310. The van der Waals surface area contributed by atoms with Crippen molar-refractivity contribution in [3.05, 3.63) is 72.9 Å². The number of ether oxygens (including phenoxy) is 3.